The van der Waals surface area contributed by atoms with Gasteiger partial charge < -0.3 is 5.73 Å². The Morgan fingerprint density at radius 2 is 2.07 bits per heavy atom. The zero-order chi connectivity index (χ0) is 9.84. The van der Waals surface area contributed by atoms with E-state index in [4.69, 9.17) is 5.73 Å². The van der Waals surface area contributed by atoms with Crippen LogP contribution in [0.15, 0.2) is 22.7 Å². The van der Waals surface area contributed by atoms with E-state index in [2.05, 4.69) is 15.9 Å². The van der Waals surface area contributed by atoms with Crippen LogP contribution in [-0.4, -0.2) is 6.67 Å². The first-order chi connectivity index (χ1) is 6.16. The Bertz CT molecular complexity index is 296. The van der Waals surface area contributed by atoms with Crippen LogP contribution in [0, 0.1) is 5.82 Å². The first-order valence-electron chi connectivity index (χ1n) is 3.92. The third kappa shape index (κ3) is 3.19. The van der Waals surface area contributed by atoms with Gasteiger partial charge in [-0.3, -0.25) is 4.39 Å². The summed E-state index contributed by atoms with van der Waals surface area (Å²) in [5.74, 6) is -0.400. The Hall–Kier alpha value is -0.190. The van der Waals surface area contributed by atoms with E-state index < -0.39 is 18.5 Å². The van der Waals surface area contributed by atoms with Crippen LogP contribution in [0.3, 0.4) is 0 Å². The lowest BCUT2D eigenvalue weighted by Crippen LogP contribution is -2.12. The van der Waals surface area contributed by atoms with Gasteiger partial charge in [0.2, 0.25) is 0 Å². The number of hydrogen-bond donors (Lipinski definition) is 1. The van der Waals surface area contributed by atoms with Gasteiger partial charge in [0.15, 0.2) is 0 Å². The van der Waals surface area contributed by atoms with Crippen LogP contribution in [0.25, 0.3) is 0 Å². The van der Waals surface area contributed by atoms with Crippen molar-refractivity contribution in [1.82, 2.24) is 0 Å². The predicted molar refractivity (Wildman–Crippen MR) is 58.9 cm³/mol. The van der Waals surface area contributed by atoms with Crippen molar-refractivity contribution in [2.75, 3.05) is 6.67 Å². The van der Waals surface area contributed by atoms with Crippen molar-refractivity contribution >= 4 is 28.3 Å². The zero-order valence-electron chi connectivity index (χ0n) is 7.34. The molecule has 0 aliphatic rings. The van der Waals surface area contributed by atoms with Crippen LogP contribution in [0.5, 0.6) is 0 Å². The highest BCUT2D eigenvalue weighted by Gasteiger charge is 2.12. The van der Waals surface area contributed by atoms with Gasteiger partial charge >= 0.3 is 0 Å². The number of alkyl halides is 1. The largest absolute Gasteiger partial charge is 0.324 e. The van der Waals surface area contributed by atoms with E-state index >= 15 is 0 Å². The van der Waals surface area contributed by atoms with Gasteiger partial charge in [0, 0.05) is 11.6 Å². The summed E-state index contributed by atoms with van der Waals surface area (Å²) in [6, 6.07) is 4.27. The van der Waals surface area contributed by atoms with Gasteiger partial charge in [-0.1, -0.05) is 12.1 Å². The van der Waals surface area contributed by atoms with E-state index in [1.165, 1.54) is 0 Å². The molecule has 0 amide bonds. The highest BCUT2D eigenvalue weighted by molar-refractivity contribution is 9.10. The van der Waals surface area contributed by atoms with E-state index in [1.54, 1.807) is 18.2 Å². The van der Waals surface area contributed by atoms with Crippen LogP contribution in [-0.2, 0) is 0 Å². The maximum absolute atomic E-state index is 13.3. The average molecular weight is 287 g/mol. The molecule has 0 aliphatic carbocycles. The van der Waals surface area contributed by atoms with Crippen LogP contribution < -0.4 is 5.73 Å². The van der Waals surface area contributed by atoms with Crippen molar-refractivity contribution in [3.05, 3.63) is 34.1 Å². The highest BCUT2D eigenvalue weighted by Crippen LogP contribution is 2.24. The summed E-state index contributed by atoms with van der Waals surface area (Å²) in [5, 5.41) is 0. The molecule has 0 saturated heterocycles. The molecule has 0 fully saturated rings. The standard InChI is InChI=1S/C9H10BrF2N.ClH/c10-7-3-1-2-6(9(7)12)8(13)4-5-11;/h1-3,8H,4-5,13H2;1H/t8-;/m1./s1. The molecule has 0 spiro atoms. The lowest BCUT2D eigenvalue weighted by Gasteiger charge is -2.11. The second-order valence-electron chi connectivity index (χ2n) is 2.73. The number of halogens is 4. The predicted octanol–water partition coefficient (Wildman–Crippen LogP) is 3.37. The fourth-order valence-electron chi connectivity index (χ4n) is 1.08. The van der Waals surface area contributed by atoms with Gasteiger partial charge in [0.1, 0.15) is 5.82 Å². The van der Waals surface area contributed by atoms with E-state index in [0.29, 0.717) is 10.0 Å². The Morgan fingerprint density at radius 3 is 2.64 bits per heavy atom. The molecule has 0 bridgehead atoms. The van der Waals surface area contributed by atoms with Crippen molar-refractivity contribution in [2.24, 2.45) is 5.73 Å². The number of hydrogen-bond acceptors (Lipinski definition) is 1. The summed E-state index contributed by atoms with van der Waals surface area (Å²) >= 11 is 3.04. The Kier molecular flexibility index (Phi) is 6.24. The molecular formula is C9H11BrClF2N. The van der Waals surface area contributed by atoms with E-state index in [-0.39, 0.29) is 18.8 Å². The quantitative estimate of drug-likeness (QED) is 0.906. The van der Waals surface area contributed by atoms with Crippen molar-refractivity contribution in [1.29, 1.82) is 0 Å². The topological polar surface area (TPSA) is 26.0 Å². The summed E-state index contributed by atoms with van der Waals surface area (Å²) in [6.45, 7) is -0.535. The van der Waals surface area contributed by atoms with Gasteiger partial charge in [0.05, 0.1) is 11.1 Å². The zero-order valence-corrected chi connectivity index (χ0v) is 9.75. The fraction of sp³-hybridized carbons (Fsp3) is 0.333. The molecule has 5 heteroatoms. The second kappa shape index (κ2) is 6.32. The van der Waals surface area contributed by atoms with Crippen molar-refractivity contribution < 1.29 is 8.78 Å². The summed E-state index contributed by atoms with van der Waals surface area (Å²) < 4.78 is 25.6. The van der Waals surface area contributed by atoms with Gasteiger partial charge in [-0.2, -0.15) is 0 Å². The first-order valence-corrected chi connectivity index (χ1v) is 4.71. The average Bonchev–Trinajstić information content (AvgIpc) is 2.10. The molecule has 0 heterocycles. The molecule has 0 saturated carbocycles. The fourth-order valence-corrected chi connectivity index (χ4v) is 1.46. The van der Waals surface area contributed by atoms with E-state index in [9.17, 15) is 8.78 Å². The lowest BCUT2D eigenvalue weighted by atomic mass is 10.1. The summed E-state index contributed by atoms with van der Waals surface area (Å²) in [5.41, 5.74) is 5.93. The SMILES string of the molecule is Cl.N[C@H](CCF)c1cccc(Br)c1F. The Balaban J connectivity index is 0.00000169. The minimum absolute atomic E-state index is 0. The van der Waals surface area contributed by atoms with Gasteiger partial charge in [-0.05, 0) is 28.4 Å². The van der Waals surface area contributed by atoms with Crippen LogP contribution >= 0.6 is 28.3 Å². The second-order valence-corrected chi connectivity index (χ2v) is 3.58. The summed E-state index contributed by atoms with van der Waals surface area (Å²) in [7, 11) is 0. The maximum atomic E-state index is 13.3. The van der Waals surface area contributed by atoms with Crippen LogP contribution in [0.4, 0.5) is 8.78 Å². The van der Waals surface area contributed by atoms with Gasteiger partial charge in [-0.25, -0.2) is 4.39 Å². The molecule has 0 unspecified atom stereocenters. The molecule has 1 aromatic rings. The van der Waals surface area contributed by atoms with Crippen molar-refractivity contribution in [2.45, 2.75) is 12.5 Å². The molecular weight excluding hydrogens is 275 g/mol. The molecule has 1 aromatic carbocycles. The number of nitrogens with two attached hydrogens (primary N) is 1. The highest BCUT2D eigenvalue weighted by atomic mass is 79.9. The normalized spacial score (nSPS) is 12.0. The van der Waals surface area contributed by atoms with Crippen LogP contribution in [0.2, 0.25) is 0 Å². The third-order valence-corrected chi connectivity index (χ3v) is 2.41. The summed E-state index contributed by atoms with van der Waals surface area (Å²) in [6.07, 6.45) is 0.146. The van der Waals surface area contributed by atoms with E-state index in [1.807, 2.05) is 0 Å². The third-order valence-electron chi connectivity index (χ3n) is 1.80. The molecule has 80 valence electrons. The van der Waals surface area contributed by atoms with Gasteiger partial charge in [0.25, 0.3) is 0 Å². The van der Waals surface area contributed by atoms with Crippen molar-refractivity contribution in [3.8, 4) is 0 Å². The van der Waals surface area contributed by atoms with Crippen LogP contribution in [0.1, 0.15) is 18.0 Å². The Labute approximate surface area is 96.2 Å². The molecule has 0 aliphatic heterocycles. The molecule has 1 nitrogen and oxygen atoms in total. The maximum Gasteiger partial charge on any atom is 0.142 e. The summed E-state index contributed by atoms with van der Waals surface area (Å²) in [4.78, 5) is 0. The minimum atomic E-state index is -0.567. The lowest BCUT2D eigenvalue weighted by molar-refractivity contribution is 0.434. The number of rotatable bonds is 3. The van der Waals surface area contributed by atoms with E-state index in [0.717, 1.165) is 0 Å². The van der Waals surface area contributed by atoms with Gasteiger partial charge in [-0.15, -0.1) is 12.4 Å². The molecule has 1 rings (SSSR count). The molecule has 1 atom stereocenters. The molecule has 2 N–H and O–H groups in total. The van der Waals surface area contributed by atoms with Crippen molar-refractivity contribution in [3.63, 3.8) is 0 Å². The first kappa shape index (κ1) is 13.8. The smallest absolute Gasteiger partial charge is 0.142 e. The Morgan fingerprint density at radius 1 is 1.43 bits per heavy atom. The molecule has 0 aromatic heterocycles. The number of benzene rings is 1. The monoisotopic (exact) mass is 285 g/mol. The molecule has 0 radical (unpaired) electrons. The minimum Gasteiger partial charge on any atom is -0.324 e. The molecule has 14 heavy (non-hydrogen) atoms.